The first-order chi connectivity index (χ1) is 25.3. The van der Waals surface area contributed by atoms with E-state index in [0.29, 0.717) is 5.82 Å². The number of hydrogen-bond donors (Lipinski definition) is 0. The van der Waals surface area contributed by atoms with Crippen molar-refractivity contribution in [1.29, 1.82) is 0 Å². The maximum absolute atomic E-state index is 6.46. The Hall–Kier alpha value is -6.56. The molecule has 4 nitrogen and oxygen atoms in total. The lowest BCUT2D eigenvalue weighted by atomic mass is 10.0. The lowest BCUT2D eigenvalue weighted by Gasteiger charge is -2.13. The third kappa shape index (κ3) is 4.32. The van der Waals surface area contributed by atoms with Crippen LogP contribution in [0.3, 0.4) is 0 Å². The summed E-state index contributed by atoms with van der Waals surface area (Å²) < 4.78 is 11.3. The van der Waals surface area contributed by atoms with E-state index in [1.54, 1.807) is 0 Å². The highest BCUT2D eigenvalue weighted by molar-refractivity contribution is 7.26. The molecule has 0 saturated heterocycles. The molecule has 4 aromatic heterocycles. The van der Waals surface area contributed by atoms with Gasteiger partial charge in [-0.15, -0.1) is 11.3 Å². The Labute approximate surface area is 296 Å². The molecule has 0 fully saturated rings. The number of thiophene rings is 1. The molecule has 5 heteroatoms. The zero-order valence-corrected chi connectivity index (χ0v) is 28.1. The predicted octanol–water partition coefficient (Wildman–Crippen LogP) is 12.8. The summed E-state index contributed by atoms with van der Waals surface area (Å²) in [5.41, 5.74) is 9.86. The van der Waals surface area contributed by atoms with Crippen LogP contribution in [0.15, 0.2) is 168 Å². The van der Waals surface area contributed by atoms with E-state index in [2.05, 4.69) is 162 Å². The summed E-state index contributed by atoms with van der Waals surface area (Å²) in [6.07, 6.45) is 0. The monoisotopic (exact) mass is 669 g/mol. The summed E-state index contributed by atoms with van der Waals surface area (Å²) in [4.78, 5) is 10.7. The van der Waals surface area contributed by atoms with Crippen molar-refractivity contribution < 1.29 is 4.42 Å². The molecular formula is C46H27N3OS. The molecule has 0 radical (unpaired) electrons. The molecule has 0 spiro atoms. The Balaban J connectivity index is 1.20. The Morgan fingerprint density at radius 1 is 0.471 bits per heavy atom. The van der Waals surface area contributed by atoms with Gasteiger partial charge >= 0.3 is 0 Å². The maximum Gasteiger partial charge on any atom is 0.162 e. The second-order valence-electron chi connectivity index (χ2n) is 12.9. The molecule has 0 N–H and O–H groups in total. The van der Waals surface area contributed by atoms with Crippen molar-refractivity contribution in [1.82, 2.24) is 14.5 Å². The van der Waals surface area contributed by atoms with E-state index in [1.807, 2.05) is 17.4 Å². The first kappa shape index (κ1) is 28.3. The van der Waals surface area contributed by atoms with Crippen molar-refractivity contribution in [3.63, 3.8) is 0 Å². The van der Waals surface area contributed by atoms with Crippen LogP contribution in [0.1, 0.15) is 0 Å². The first-order valence-electron chi connectivity index (χ1n) is 17.1. The standard InChI is InChI=1S/C46H27N3OS/c1-3-12-28(13-4-1)36-27-37(29-22-23-39-35(26-29)43-40(50-39)24-25-42-44(43)33-17-8-10-21-41(33)51-42)48-46(47-36)34-19-11-18-32-31-16-7-9-20-38(31)49(45(32)34)30-14-5-2-6-15-30/h1-27H. The first-order valence-corrected chi connectivity index (χ1v) is 17.9. The number of nitrogens with zero attached hydrogens (tertiary/aromatic N) is 3. The summed E-state index contributed by atoms with van der Waals surface area (Å²) in [6.45, 7) is 0. The summed E-state index contributed by atoms with van der Waals surface area (Å²) in [7, 11) is 0. The van der Waals surface area contributed by atoms with E-state index in [-0.39, 0.29) is 0 Å². The number of rotatable bonds is 4. The average Bonchev–Trinajstić information content (AvgIpc) is 3.87. The molecule has 11 rings (SSSR count). The minimum absolute atomic E-state index is 0.681. The van der Waals surface area contributed by atoms with E-state index in [0.717, 1.165) is 66.7 Å². The highest BCUT2D eigenvalue weighted by Crippen LogP contribution is 2.44. The minimum atomic E-state index is 0.681. The molecule has 238 valence electrons. The second kappa shape index (κ2) is 11.0. The molecule has 0 aliphatic rings. The Bertz CT molecular complexity index is 3140. The predicted molar refractivity (Wildman–Crippen MR) is 213 cm³/mol. The molecule has 4 heterocycles. The smallest absolute Gasteiger partial charge is 0.162 e. The van der Waals surface area contributed by atoms with Crippen LogP contribution in [-0.4, -0.2) is 14.5 Å². The topological polar surface area (TPSA) is 43.9 Å². The molecule has 51 heavy (non-hydrogen) atoms. The van der Waals surface area contributed by atoms with E-state index in [4.69, 9.17) is 14.4 Å². The molecule has 7 aromatic carbocycles. The zero-order valence-electron chi connectivity index (χ0n) is 27.2. The molecule has 0 aliphatic carbocycles. The molecule has 0 atom stereocenters. The number of fused-ring (bicyclic) bond motifs is 10. The van der Waals surface area contributed by atoms with E-state index in [9.17, 15) is 0 Å². The zero-order chi connectivity index (χ0) is 33.5. The molecule has 11 aromatic rings. The van der Waals surface area contributed by atoms with Crippen LogP contribution in [0.5, 0.6) is 0 Å². The van der Waals surface area contributed by atoms with Crippen LogP contribution in [0.25, 0.3) is 104 Å². The van der Waals surface area contributed by atoms with Gasteiger partial charge in [0.2, 0.25) is 0 Å². The molecular weight excluding hydrogens is 643 g/mol. The lowest BCUT2D eigenvalue weighted by molar-refractivity contribution is 0.669. The fourth-order valence-electron chi connectivity index (χ4n) is 7.76. The van der Waals surface area contributed by atoms with Crippen molar-refractivity contribution >= 4 is 75.3 Å². The van der Waals surface area contributed by atoms with Gasteiger partial charge in [-0.05, 0) is 66.7 Å². The van der Waals surface area contributed by atoms with Crippen molar-refractivity contribution in [3.05, 3.63) is 164 Å². The number of benzene rings is 7. The van der Waals surface area contributed by atoms with Crippen LogP contribution in [0.4, 0.5) is 0 Å². The van der Waals surface area contributed by atoms with Gasteiger partial charge in [-0.25, -0.2) is 9.97 Å². The maximum atomic E-state index is 6.46. The number of hydrogen-bond acceptors (Lipinski definition) is 4. The minimum Gasteiger partial charge on any atom is -0.456 e. The van der Waals surface area contributed by atoms with E-state index < -0.39 is 0 Å². The van der Waals surface area contributed by atoms with Gasteiger partial charge in [0, 0.05) is 64.1 Å². The fraction of sp³-hybridized carbons (Fsp3) is 0. The second-order valence-corrected chi connectivity index (χ2v) is 14.0. The van der Waals surface area contributed by atoms with E-state index in [1.165, 1.54) is 30.9 Å². The van der Waals surface area contributed by atoms with Crippen LogP contribution in [-0.2, 0) is 0 Å². The van der Waals surface area contributed by atoms with Gasteiger partial charge in [0.05, 0.1) is 22.4 Å². The molecule has 0 unspecified atom stereocenters. The lowest BCUT2D eigenvalue weighted by Crippen LogP contribution is -1.99. The van der Waals surface area contributed by atoms with Crippen LogP contribution < -0.4 is 0 Å². The van der Waals surface area contributed by atoms with Crippen molar-refractivity contribution in [2.24, 2.45) is 0 Å². The number of furan rings is 1. The Morgan fingerprint density at radius 3 is 2.04 bits per heavy atom. The Kier molecular flexibility index (Phi) is 6.09. The number of aromatic nitrogens is 3. The van der Waals surface area contributed by atoms with Gasteiger partial charge < -0.3 is 8.98 Å². The highest BCUT2D eigenvalue weighted by Gasteiger charge is 2.20. The van der Waals surface area contributed by atoms with Gasteiger partial charge in [-0.2, -0.15) is 0 Å². The van der Waals surface area contributed by atoms with Crippen LogP contribution in [0, 0.1) is 0 Å². The van der Waals surface area contributed by atoms with Gasteiger partial charge in [-0.3, -0.25) is 0 Å². The molecule has 0 saturated carbocycles. The van der Waals surface area contributed by atoms with E-state index >= 15 is 0 Å². The summed E-state index contributed by atoms with van der Waals surface area (Å²) in [5, 5.41) is 7.11. The normalized spacial score (nSPS) is 11.9. The fourth-order valence-corrected chi connectivity index (χ4v) is 8.87. The van der Waals surface area contributed by atoms with Gasteiger partial charge in [-0.1, -0.05) is 97.1 Å². The quantitative estimate of drug-likeness (QED) is 0.187. The molecule has 0 amide bonds. The molecule has 0 aliphatic heterocycles. The summed E-state index contributed by atoms with van der Waals surface area (Å²) in [6, 6.07) is 57.5. The highest BCUT2D eigenvalue weighted by atomic mass is 32.1. The third-order valence-electron chi connectivity index (χ3n) is 10.0. The largest absolute Gasteiger partial charge is 0.456 e. The summed E-state index contributed by atoms with van der Waals surface area (Å²) >= 11 is 1.83. The third-order valence-corrected chi connectivity index (χ3v) is 11.2. The van der Waals surface area contributed by atoms with Gasteiger partial charge in [0.15, 0.2) is 5.82 Å². The molecule has 0 bridgehead atoms. The SMILES string of the molecule is c1ccc(-c2cc(-c3ccc4oc5ccc6sc7ccccc7c6c5c4c3)nc(-c3cccc4c5ccccc5n(-c5ccccc5)c34)n2)cc1. The van der Waals surface area contributed by atoms with Crippen LogP contribution >= 0.6 is 11.3 Å². The summed E-state index contributed by atoms with van der Waals surface area (Å²) in [5.74, 6) is 0.681. The Morgan fingerprint density at radius 2 is 1.18 bits per heavy atom. The number of para-hydroxylation sites is 3. The van der Waals surface area contributed by atoms with Crippen molar-refractivity contribution in [2.45, 2.75) is 0 Å². The van der Waals surface area contributed by atoms with Gasteiger partial charge in [0.1, 0.15) is 11.2 Å². The van der Waals surface area contributed by atoms with Crippen molar-refractivity contribution in [2.75, 3.05) is 0 Å². The average molecular weight is 670 g/mol. The van der Waals surface area contributed by atoms with Gasteiger partial charge in [0.25, 0.3) is 0 Å². The van der Waals surface area contributed by atoms with Crippen LogP contribution in [0.2, 0.25) is 0 Å². The van der Waals surface area contributed by atoms with Crippen molar-refractivity contribution in [3.8, 4) is 39.6 Å².